The third kappa shape index (κ3) is 5.38. The zero-order chi connectivity index (χ0) is 14.8. The normalized spacial score (nSPS) is 11.7. The molecular formula is C14H19NO5. The van der Waals surface area contributed by atoms with Crippen molar-refractivity contribution in [1.82, 2.24) is 0 Å². The van der Waals surface area contributed by atoms with Gasteiger partial charge in [-0.2, -0.15) is 0 Å². The maximum atomic E-state index is 11.6. The van der Waals surface area contributed by atoms with Gasteiger partial charge in [-0.3, -0.25) is 4.99 Å². The van der Waals surface area contributed by atoms with Crippen molar-refractivity contribution in [3.63, 3.8) is 0 Å². The van der Waals surface area contributed by atoms with Crippen LogP contribution in [0.3, 0.4) is 0 Å². The third-order valence-electron chi connectivity index (χ3n) is 2.34. The highest BCUT2D eigenvalue weighted by Crippen LogP contribution is 2.15. The van der Waals surface area contributed by atoms with Crippen LogP contribution in [0.15, 0.2) is 29.3 Å². The Morgan fingerprint density at radius 2 is 2.30 bits per heavy atom. The molecule has 1 atom stereocenters. The lowest BCUT2D eigenvalue weighted by Crippen LogP contribution is -2.21. The Labute approximate surface area is 118 Å². The second-order valence-corrected chi connectivity index (χ2v) is 3.79. The second kappa shape index (κ2) is 9.06. The Morgan fingerprint density at radius 1 is 1.50 bits per heavy atom. The molecule has 0 aliphatic heterocycles. The van der Waals surface area contributed by atoms with Crippen molar-refractivity contribution in [2.24, 2.45) is 4.99 Å². The van der Waals surface area contributed by atoms with E-state index >= 15 is 0 Å². The number of nitrogens with zero attached hydrogens (tertiary/aromatic N) is 1. The van der Waals surface area contributed by atoms with Crippen LogP contribution < -0.4 is 4.74 Å². The molecule has 6 nitrogen and oxygen atoms in total. The molecule has 1 rings (SSSR count). The minimum atomic E-state index is -0.562. The first kappa shape index (κ1) is 16.1. The van der Waals surface area contributed by atoms with Gasteiger partial charge in [0.1, 0.15) is 12.4 Å². The first-order chi connectivity index (χ1) is 9.71. The van der Waals surface area contributed by atoms with Crippen molar-refractivity contribution in [1.29, 1.82) is 0 Å². The molecule has 0 aliphatic rings. The number of aliphatic imine (C=N–C) groups is 1. The van der Waals surface area contributed by atoms with Crippen LogP contribution in [0.1, 0.15) is 17.3 Å². The maximum absolute atomic E-state index is 11.6. The van der Waals surface area contributed by atoms with Gasteiger partial charge in [-0.25, -0.2) is 4.79 Å². The largest absolute Gasteiger partial charge is 0.489 e. The van der Waals surface area contributed by atoms with E-state index in [0.717, 1.165) is 0 Å². The van der Waals surface area contributed by atoms with Crippen LogP contribution in [-0.4, -0.2) is 50.4 Å². The van der Waals surface area contributed by atoms with Gasteiger partial charge in [-0.05, 0) is 31.8 Å². The SMILES string of the molecule is C=NC(COc1cccc(C(=O)OCC)c1)OCCO. The van der Waals surface area contributed by atoms with E-state index in [0.29, 0.717) is 17.9 Å². The fraction of sp³-hybridized carbons (Fsp3) is 0.429. The molecule has 6 heteroatoms. The maximum Gasteiger partial charge on any atom is 0.338 e. The minimum absolute atomic E-state index is 0.0929. The molecule has 0 aliphatic carbocycles. The van der Waals surface area contributed by atoms with E-state index in [4.69, 9.17) is 19.3 Å². The zero-order valence-corrected chi connectivity index (χ0v) is 11.4. The minimum Gasteiger partial charge on any atom is -0.489 e. The van der Waals surface area contributed by atoms with Gasteiger partial charge in [0.05, 0.1) is 25.4 Å². The summed E-state index contributed by atoms with van der Waals surface area (Å²) in [4.78, 5) is 15.3. The van der Waals surface area contributed by atoms with Crippen LogP contribution in [0.25, 0.3) is 0 Å². The van der Waals surface area contributed by atoms with Crippen molar-refractivity contribution in [2.75, 3.05) is 26.4 Å². The third-order valence-corrected chi connectivity index (χ3v) is 2.34. The van der Waals surface area contributed by atoms with E-state index in [2.05, 4.69) is 11.7 Å². The van der Waals surface area contributed by atoms with Crippen molar-refractivity contribution in [2.45, 2.75) is 13.2 Å². The van der Waals surface area contributed by atoms with E-state index in [1.807, 2.05) is 0 Å². The Balaban J connectivity index is 2.57. The molecule has 0 spiro atoms. The predicted octanol–water partition coefficient (Wildman–Crippen LogP) is 1.28. The summed E-state index contributed by atoms with van der Waals surface area (Å²) in [5, 5.41) is 8.66. The molecule has 20 heavy (non-hydrogen) atoms. The topological polar surface area (TPSA) is 77.4 Å². The number of esters is 1. The number of ether oxygens (including phenoxy) is 3. The number of carbonyl (C=O) groups excluding carboxylic acids is 1. The first-order valence-corrected chi connectivity index (χ1v) is 6.29. The first-order valence-electron chi connectivity index (χ1n) is 6.29. The van der Waals surface area contributed by atoms with Crippen LogP contribution >= 0.6 is 0 Å². The van der Waals surface area contributed by atoms with E-state index in [1.165, 1.54) is 0 Å². The van der Waals surface area contributed by atoms with Crippen LogP contribution in [0, 0.1) is 0 Å². The molecule has 0 radical (unpaired) electrons. The summed E-state index contributed by atoms with van der Waals surface area (Å²) in [5.41, 5.74) is 0.420. The number of rotatable bonds is 9. The Morgan fingerprint density at radius 3 is 2.95 bits per heavy atom. The molecule has 0 bridgehead atoms. The highest BCUT2D eigenvalue weighted by molar-refractivity contribution is 5.89. The Kier molecular flexibility index (Phi) is 7.31. The average Bonchev–Trinajstić information content (AvgIpc) is 2.48. The molecule has 110 valence electrons. The van der Waals surface area contributed by atoms with Crippen molar-refractivity contribution in [3.05, 3.63) is 29.8 Å². The lowest BCUT2D eigenvalue weighted by atomic mass is 10.2. The van der Waals surface area contributed by atoms with Gasteiger partial charge in [0, 0.05) is 0 Å². The standard InChI is InChI=1S/C14H19NO5/c1-3-18-14(17)11-5-4-6-12(9-11)20-10-13(15-2)19-8-7-16/h4-6,9,13,16H,2-3,7-8,10H2,1H3. The number of benzene rings is 1. The summed E-state index contributed by atoms with van der Waals surface area (Å²) in [7, 11) is 0. The molecule has 0 saturated carbocycles. The molecule has 0 saturated heterocycles. The van der Waals surface area contributed by atoms with Crippen LogP contribution in [0.4, 0.5) is 0 Å². The van der Waals surface area contributed by atoms with E-state index in [9.17, 15) is 4.79 Å². The lowest BCUT2D eigenvalue weighted by molar-refractivity contribution is 0.00842. The van der Waals surface area contributed by atoms with Gasteiger partial charge in [0.2, 0.25) is 0 Å². The summed E-state index contributed by atoms with van der Waals surface area (Å²) in [6.07, 6.45) is -0.562. The highest BCUT2D eigenvalue weighted by atomic mass is 16.5. The van der Waals surface area contributed by atoms with Crippen LogP contribution in [0.5, 0.6) is 5.75 Å². The summed E-state index contributed by atoms with van der Waals surface area (Å²) in [5.74, 6) is 0.115. The monoisotopic (exact) mass is 281 g/mol. The highest BCUT2D eigenvalue weighted by Gasteiger charge is 2.09. The van der Waals surface area contributed by atoms with Gasteiger partial charge in [0.15, 0.2) is 6.23 Å². The predicted molar refractivity (Wildman–Crippen MR) is 74.3 cm³/mol. The Bertz CT molecular complexity index is 435. The number of aliphatic hydroxyl groups is 1. The fourth-order valence-electron chi connectivity index (χ4n) is 1.44. The quantitative estimate of drug-likeness (QED) is 0.545. The van der Waals surface area contributed by atoms with Crippen LogP contribution in [-0.2, 0) is 9.47 Å². The molecule has 1 N–H and O–H groups in total. The molecule has 0 fully saturated rings. The number of aliphatic hydroxyl groups excluding tert-OH is 1. The molecule has 1 aromatic carbocycles. The fourth-order valence-corrected chi connectivity index (χ4v) is 1.44. The molecule has 1 aromatic rings. The molecule has 0 amide bonds. The summed E-state index contributed by atoms with van der Waals surface area (Å²) >= 11 is 0. The van der Waals surface area contributed by atoms with E-state index in [-0.39, 0.29) is 19.8 Å². The van der Waals surface area contributed by atoms with Crippen molar-refractivity contribution in [3.8, 4) is 5.75 Å². The summed E-state index contributed by atoms with van der Waals surface area (Å²) in [6, 6.07) is 6.65. The van der Waals surface area contributed by atoms with Crippen molar-refractivity contribution < 1.29 is 24.1 Å². The number of hydrogen-bond donors (Lipinski definition) is 1. The van der Waals surface area contributed by atoms with Gasteiger partial charge in [0.25, 0.3) is 0 Å². The van der Waals surface area contributed by atoms with Gasteiger partial charge in [-0.1, -0.05) is 6.07 Å². The van der Waals surface area contributed by atoms with E-state index in [1.54, 1.807) is 31.2 Å². The summed E-state index contributed by atoms with van der Waals surface area (Å²) in [6.45, 7) is 5.67. The number of hydrogen-bond acceptors (Lipinski definition) is 6. The zero-order valence-electron chi connectivity index (χ0n) is 11.4. The van der Waals surface area contributed by atoms with Gasteiger partial charge < -0.3 is 19.3 Å². The molecular weight excluding hydrogens is 262 g/mol. The lowest BCUT2D eigenvalue weighted by Gasteiger charge is -2.14. The average molecular weight is 281 g/mol. The summed E-state index contributed by atoms with van der Waals surface area (Å²) < 4.78 is 15.6. The van der Waals surface area contributed by atoms with Gasteiger partial charge >= 0.3 is 5.97 Å². The second-order valence-electron chi connectivity index (χ2n) is 3.79. The molecule has 0 heterocycles. The van der Waals surface area contributed by atoms with Crippen molar-refractivity contribution >= 4 is 12.7 Å². The number of carbonyl (C=O) groups is 1. The van der Waals surface area contributed by atoms with Crippen LogP contribution in [0.2, 0.25) is 0 Å². The van der Waals surface area contributed by atoms with Gasteiger partial charge in [-0.15, -0.1) is 0 Å². The van der Waals surface area contributed by atoms with E-state index < -0.39 is 12.2 Å². The Hall–Kier alpha value is -1.92. The molecule has 0 aromatic heterocycles. The molecule has 1 unspecified atom stereocenters. The smallest absolute Gasteiger partial charge is 0.338 e.